The van der Waals surface area contributed by atoms with Crippen LogP contribution in [0.15, 0.2) is 73.3 Å². The molecule has 3 heterocycles. The van der Waals surface area contributed by atoms with E-state index < -0.39 is 44.8 Å². The Bertz CT molecular complexity index is 1450. The van der Waals surface area contributed by atoms with Crippen molar-refractivity contribution in [2.45, 2.75) is 30.7 Å². The average Bonchev–Trinajstić information content (AvgIpc) is 3.45. The van der Waals surface area contributed by atoms with Crippen LogP contribution in [0.4, 0.5) is 16.3 Å². The predicted molar refractivity (Wildman–Crippen MR) is 136 cm³/mol. The lowest BCUT2D eigenvalue weighted by atomic mass is 10.1. The molecule has 5 atom stereocenters. The lowest BCUT2D eigenvalue weighted by Gasteiger charge is -2.18. The minimum atomic E-state index is -4.04. The van der Waals surface area contributed by atoms with Crippen molar-refractivity contribution < 1.29 is 33.7 Å². The average molecular weight is 540 g/mol. The first-order chi connectivity index (χ1) is 18.3. The minimum Gasteiger partial charge on any atom is -0.387 e. The summed E-state index contributed by atoms with van der Waals surface area (Å²) in [6.07, 6.45) is -2.72. The number of aromatic nitrogens is 4. The first-order valence-corrected chi connectivity index (χ1v) is 13.4. The van der Waals surface area contributed by atoms with Gasteiger partial charge in [-0.05, 0) is 17.7 Å². The number of hydrogen-bond donors (Lipinski definition) is 5. The predicted octanol–water partition coefficient (Wildman–Crippen LogP) is 2.49. The number of urea groups is 1. The summed E-state index contributed by atoms with van der Waals surface area (Å²) in [6.45, 7) is -0.427. The summed E-state index contributed by atoms with van der Waals surface area (Å²) < 4.78 is 24.9. The number of anilines is 2. The Labute approximate surface area is 216 Å². The van der Waals surface area contributed by atoms with Gasteiger partial charge in [-0.15, -0.1) is 0 Å². The van der Waals surface area contributed by atoms with Crippen molar-refractivity contribution in [2.75, 3.05) is 17.2 Å². The summed E-state index contributed by atoms with van der Waals surface area (Å²) >= 11 is 0. The first-order valence-electron chi connectivity index (χ1n) is 11.6. The maximum Gasteiger partial charge on any atom is 0.332 e. The molecule has 198 valence electrons. The van der Waals surface area contributed by atoms with E-state index in [4.69, 9.17) is 9.26 Å². The van der Waals surface area contributed by atoms with E-state index in [0.717, 1.165) is 0 Å². The number of rotatable bonds is 8. The van der Waals surface area contributed by atoms with Crippen LogP contribution in [0.2, 0.25) is 0 Å². The van der Waals surface area contributed by atoms with Gasteiger partial charge in [0.2, 0.25) is 0 Å². The van der Waals surface area contributed by atoms with Crippen LogP contribution < -0.4 is 10.6 Å². The summed E-state index contributed by atoms with van der Waals surface area (Å²) in [5, 5.41) is 26.5. The third-order valence-corrected chi connectivity index (χ3v) is 7.22. The normalized spacial score (nSPS) is 22.7. The Hall–Kier alpha value is -3.71. The Balaban J connectivity index is 1.27. The maximum atomic E-state index is 12.5. The number of carbonyl (C=O) groups is 1. The van der Waals surface area contributed by atoms with E-state index in [9.17, 15) is 24.5 Å². The second-order valence-electron chi connectivity index (χ2n) is 8.61. The second-order valence-corrected chi connectivity index (χ2v) is 10.5. The molecule has 4 aromatic rings. The maximum absolute atomic E-state index is 12.5. The molecule has 38 heavy (non-hydrogen) atoms. The first kappa shape index (κ1) is 25.9. The van der Waals surface area contributed by atoms with Gasteiger partial charge in [0.05, 0.1) is 19.1 Å². The van der Waals surface area contributed by atoms with Crippen molar-refractivity contribution in [3.8, 4) is 0 Å². The minimum absolute atomic E-state index is 0.122. The van der Waals surface area contributed by atoms with Crippen LogP contribution in [0.3, 0.4) is 0 Å². The van der Waals surface area contributed by atoms with Gasteiger partial charge < -0.3 is 29.7 Å². The van der Waals surface area contributed by atoms with E-state index >= 15 is 0 Å². The third kappa shape index (κ3) is 5.73. The summed E-state index contributed by atoms with van der Waals surface area (Å²) in [5.41, 5.74) is 1.66. The molecule has 0 spiro atoms. The summed E-state index contributed by atoms with van der Waals surface area (Å²) in [7, 11) is -4.04. The molecule has 5 N–H and O–H groups in total. The van der Waals surface area contributed by atoms with Crippen LogP contribution in [0.25, 0.3) is 11.2 Å². The van der Waals surface area contributed by atoms with Gasteiger partial charge >= 0.3 is 13.6 Å². The number of nitrogens with zero attached hydrogens (tertiary/aromatic N) is 4. The number of ether oxygens (including phenoxy) is 1. The Kier molecular flexibility index (Phi) is 7.47. The zero-order valence-corrected chi connectivity index (χ0v) is 20.8. The van der Waals surface area contributed by atoms with Crippen molar-refractivity contribution >= 4 is 36.3 Å². The Morgan fingerprint density at radius 2 is 1.71 bits per heavy atom. The molecule has 2 unspecified atom stereocenters. The monoisotopic (exact) mass is 540 g/mol. The number of aliphatic hydroxyl groups is 2. The molecule has 1 fully saturated rings. The van der Waals surface area contributed by atoms with Crippen LogP contribution >= 0.6 is 7.60 Å². The van der Waals surface area contributed by atoms with Crippen molar-refractivity contribution in [3.05, 3.63) is 78.9 Å². The Morgan fingerprint density at radius 1 is 1.00 bits per heavy atom. The highest BCUT2D eigenvalue weighted by atomic mass is 31.2. The van der Waals surface area contributed by atoms with Gasteiger partial charge in [-0.2, -0.15) is 0 Å². The molecule has 0 aliphatic carbocycles. The topological polar surface area (TPSA) is 181 Å². The molecule has 13 nitrogen and oxygen atoms in total. The van der Waals surface area contributed by atoms with Crippen LogP contribution in [0, 0.1) is 0 Å². The molecule has 0 saturated carbocycles. The molecule has 0 bridgehead atoms. The number of benzene rings is 2. The second kappa shape index (κ2) is 11.0. The van der Waals surface area contributed by atoms with Gasteiger partial charge in [0, 0.05) is 5.69 Å². The molecular formula is C24H25N6O7P. The summed E-state index contributed by atoms with van der Waals surface area (Å²) in [4.78, 5) is 35.2. The van der Waals surface area contributed by atoms with E-state index in [-0.39, 0.29) is 23.1 Å². The largest absolute Gasteiger partial charge is 0.387 e. The van der Waals surface area contributed by atoms with E-state index in [1.807, 2.05) is 6.07 Å². The van der Waals surface area contributed by atoms with Crippen molar-refractivity contribution in [1.29, 1.82) is 0 Å². The van der Waals surface area contributed by atoms with Crippen LogP contribution in [0.1, 0.15) is 11.8 Å². The van der Waals surface area contributed by atoms with Gasteiger partial charge in [0.1, 0.15) is 24.6 Å². The SMILES string of the molecule is O=C(Nc1ccccc1)Nc1ncnc2c1ncn2[C@@H]1O[C@H](COP(=O)(O)Cc2ccccc2)C(O)[C@@H]1O. The number of carbonyl (C=O) groups excluding carboxylic acids is 1. The lowest BCUT2D eigenvalue weighted by molar-refractivity contribution is -0.0485. The third-order valence-electron chi connectivity index (χ3n) is 5.90. The molecule has 1 aliphatic rings. The van der Waals surface area contributed by atoms with Crippen molar-refractivity contribution in [2.24, 2.45) is 0 Å². The number of amides is 2. The highest BCUT2D eigenvalue weighted by molar-refractivity contribution is 7.51. The number of nitrogens with one attached hydrogen (secondary N) is 2. The van der Waals surface area contributed by atoms with E-state index in [1.165, 1.54) is 17.2 Å². The fourth-order valence-electron chi connectivity index (χ4n) is 4.07. The fraction of sp³-hybridized carbons (Fsp3) is 0.250. The van der Waals surface area contributed by atoms with E-state index in [0.29, 0.717) is 11.3 Å². The van der Waals surface area contributed by atoms with Gasteiger partial charge in [0.25, 0.3) is 0 Å². The van der Waals surface area contributed by atoms with Gasteiger partial charge in [0.15, 0.2) is 23.2 Å². The van der Waals surface area contributed by atoms with Crippen LogP contribution in [-0.4, -0.2) is 65.6 Å². The smallest absolute Gasteiger partial charge is 0.332 e. The van der Waals surface area contributed by atoms with Crippen LogP contribution in [0.5, 0.6) is 0 Å². The molecule has 5 rings (SSSR count). The standard InChI is InChI=1S/C24H25N6O7P/c31-19-17(11-36-38(34,35)12-15-7-3-1-4-8-15)37-23(20(19)32)30-14-27-18-21(25-13-26-22(18)30)29-24(33)28-16-9-5-2-6-10-16/h1-10,13-14,17,19-20,23,31-32H,11-12H2,(H,34,35)(H2,25,26,28,29,33)/t17-,19?,20+,23-/m1/s1. The van der Waals surface area contributed by atoms with E-state index in [2.05, 4.69) is 25.6 Å². The molecule has 1 aliphatic heterocycles. The molecule has 2 aromatic carbocycles. The molecule has 2 aromatic heterocycles. The number of para-hydroxylation sites is 1. The molecule has 2 amide bonds. The number of imidazole rings is 1. The zero-order valence-electron chi connectivity index (χ0n) is 19.9. The fourth-order valence-corrected chi connectivity index (χ4v) is 5.21. The highest BCUT2D eigenvalue weighted by Crippen LogP contribution is 2.46. The van der Waals surface area contributed by atoms with Crippen molar-refractivity contribution in [1.82, 2.24) is 19.5 Å². The Morgan fingerprint density at radius 3 is 2.45 bits per heavy atom. The van der Waals surface area contributed by atoms with E-state index in [1.54, 1.807) is 54.6 Å². The quantitative estimate of drug-likeness (QED) is 0.208. The zero-order chi connectivity index (χ0) is 26.7. The highest BCUT2D eigenvalue weighted by Gasteiger charge is 2.45. The molecule has 0 radical (unpaired) electrons. The van der Waals surface area contributed by atoms with Gasteiger partial charge in [-0.1, -0.05) is 48.5 Å². The van der Waals surface area contributed by atoms with Gasteiger partial charge in [-0.3, -0.25) is 14.4 Å². The number of aliphatic hydroxyl groups excluding tert-OH is 2. The molecule has 1 saturated heterocycles. The van der Waals surface area contributed by atoms with Crippen LogP contribution in [-0.2, 0) is 20.0 Å². The summed E-state index contributed by atoms with van der Waals surface area (Å²) in [6, 6.07) is 17.0. The number of fused-ring (bicyclic) bond motifs is 1. The van der Waals surface area contributed by atoms with Gasteiger partial charge in [-0.25, -0.2) is 19.7 Å². The number of hydrogen-bond acceptors (Lipinski definition) is 9. The lowest BCUT2D eigenvalue weighted by Crippen LogP contribution is -2.33. The van der Waals surface area contributed by atoms with Crippen molar-refractivity contribution in [3.63, 3.8) is 0 Å². The summed E-state index contributed by atoms with van der Waals surface area (Å²) in [5.74, 6) is 0.122. The molecular weight excluding hydrogens is 515 g/mol. The molecule has 14 heteroatoms.